The van der Waals surface area contributed by atoms with Crippen molar-refractivity contribution in [1.29, 1.82) is 0 Å². The van der Waals surface area contributed by atoms with Gasteiger partial charge in [0.25, 0.3) is 5.91 Å². The summed E-state index contributed by atoms with van der Waals surface area (Å²) < 4.78 is 1.75. The summed E-state index contributed by atoms with van der Waals surface area (Å²) in [6.45, 7) is 8.68. The number of hydrogen-bond donors (Lipinski definition) is 3. The highest BCUT2D eigenvalue weighted by atomic mass is 16.2. The van der Waals surface area contributed by atoms with E-state index in [1.54, 1.807) is 41.3 Å². The second kappa shape index (κ2) is 8.32. The van der Waals surface area contributed by atoms with E-state index in [0.29, 0.717) is 22.9 Å². The number of rotatable bonds is 6. The summed E-state index contributed by atoms with van der Waals surface area (Å²) in [4.78, 5) is 24.3. The number of carbonyl (C=O) groups excluding carboxylic acids is 2. The summed E-state index contributed by atoms with van der Waals surface area (Å²) in [6.07, 6.45) is 3.26. The fourth-order valence-electron chi connectivity index (χ4n) is 2.27. The Balaban J connectivity index is 2.08. The third-order valence-electron chi connectivity index (χ3n) is 3.29. The summed E-state index contributed by atoms with van der Waals surface area (Å²) in [5.41, 5.74) is 1.54. The lowest BCUT2D eigenvalue weighted by atomic mass is 10.2. The molecule has 0 fully saturated rings. The standard InChI is InChI=1S/C18H25N5O2/c1-12(2)10-23-11-14(9-19-23)17(24)21-15-7-5-6-8-16(15)22-18(25)20-13(3)4/h5-9,11-13H,10H2,1-4H3,(H,21,24)(H2,20,22,25). The molecule has 1 aromatic carbocycles. The first-order valence-corrected chi connectivity index (χ1v) is 8.35. The first kappa shape index (κ1) is 18.5. The monoisotopic (exact) mass is 343 g/mol. The number of para-hydroxylation sites is 2. The van der Waals surface area contributed by atoms with Crippen LogP contribution < -0.4 is 16.0 Å². The van der Waals surface area contributed by atoms with Crippen LogP contribution in [0.5, 0.6) is 0 Å². The van der Waals surface area contributed by atoms with Gasteiger partial charge in [-0.25, -0.2) is 4.79 Å². The molecule has 134 valence electrons. The largest absolute Gasteiger partial charge is 0.336 e. The molecule has 0 atom stereocenters. The molecule has 25 heavy (non-hydrogen) atoms. The van der Waals surface area contributed by atoms with E-state index >= 15 is 0 Å². The van der Waals surface area contributed by atoms with Gasteiger partial charge in [0.1, 0.15) is 0 Å². The van der Waals surface area contributed by atoms with Crippen LogP contribution in [0.25, 0.3) is 0 Å². The maximum Gasteiger partial charge on any atom is 0.319 e. The predicted molar refractivity (Wildman–Crippen MR) is 98.8 cm³/mol. The van der Waals surface area contributed by atoms with Crippen molar-refractivity contribution in [2.24, 2.45) is 5.92 Å². The molecule has 7 heteroatoms. The van der Waals surface area contributed by atoms with Gasteiger partial charge >= 0.3 is 6.03 Å². The summed E-state index contributed by atoms with van der Waals surface area (Å²) in [6, 6.07) is 6.76. The van der Waals surface area contributed by atoms with Crippen molar-refractivity contribution in [3.63, 3.8) is 0 Å². The Labute approximate surface area is 147 Å². The highest BCUT2D eigenvalue weighted by Crippen LogP contribution is 2.21. The number of aromatic nitrogens is 2. The first-order valence-electron chi connectivity index (χ1n) is 8.35. The van der Waals surface area contributed by atoms with E-state index in [1.807, 2.05) is 13.8 Å². The predicted octanol–water partition coefficient (Wildman–Crippen LogP) is 3.32. The first-order chi connectivity index (χ1) is 11.8. The Kier molecular flexibility index (Phi) is 6.16. The van der Waals surface area contributed by atoms with Crippen LogP contribution in [0.2, 0.25) is 0 Å². The minimum atomic E-state index is -0.318. The third-order valence-corrected chi connectivity index (χ3v) is 3.29. The molecule has 2 aromatic rings. The van der Waals surface area contributed by atoms with Crippen LogP contribution in [0.15, 0.2) is 36.7 Å². The zero-order chi connectivity index (χ0) is 18.4. The average Bonchev–Trinajstić information content (AvgIpc) is 2.96. The van der Waals surface area contributed by atoms with Gasteiger partial charge in [-0.05, 0) is 31.9 Å². The Bertz CT molecular complexity index is 737. The third kappa shape index (κ3) is 5.63. The highest BCUT2D eigenvalue weighted by molar-refractivity contribution is 6.06. The maximum atomic E-state index is 12.4. The number of nitrogens with zero attached hydrogens (tertiary/aromatic N) is 2. The number of benzene rings is 1. The molecule has 3 N–H and O–H groups in total. The Morgan fingerprint density at radius 1 is 1.08 bits per heavy atom. The normalized spacial score (nSPS) is 10.8. The van der Waals surface area contributed by atoms with E-state index in [-0.39, 0.29) is 18.0 Å². The van der Waals surface area contributed by atoms with Gasteiger partial charge in [-0.2, -0.15) is 5.10 Å². The van der Waals surface area contributed by atoms with Crippen molar-refractivity contribution in [3.05, 3.63) is 42.2 Å². The molecule has 0 aliphatic rings. The fraction of sp³-hybridized carbons (Fsp3) is 0.389. The second-order valence-corrected chi connectivity index (χ2v) is 6.60. The lowest BCUT2D eigenvalue weighted by Gasteiger charge is -2.14. The van der Waals surface area contributed by atoms with Crippen LogP contribution in [-0.2, 0) is 6.54 Å². The van der Waals surface area contributed by atoms with Crippen molar-refractivity contribution >= 4 is 23.3 Å². The Hall–Kier alpha value is -2.83. The molecule has 0 aliphatic heterocycles. The van der Waals surface area contributed by atoms with Crippen molar-refractivity contribution < 1.29 is 9.59 Å². The van der Waals surface area contributed by atoms with Gasteiger partial charge in [-0.15, -0.1) is 0 Å². The molecule has 3 amide bonds. The van der Waals surface area contributed by atoms with Gasteiger partial charge < -0.3 is 16.0 Å². The molecular formula is C18H25N5O2. The lowest BCUT2D eigenvalue weighted by molar-refractivity contribution is 0.102. The van der Waals surface area contributed by atoms with E-state index < -0.39 is 0 Å². The number of urea groups is 1. The summed E-state index contributed by atoms with van der Waals surface area (Å²) in [5, 5.41) is 12.5. The molecule has 1 aromatic heterocycles. The van der Waals surface area contributed by atoms with Crippen LogP contribution in [-0.4, -0.2) is 27.8 Å². The van der Waals surface area contributed by atoms with Crippen molar-refractivity contribution in [2.75, 3.05) is 10.6 Å². The van der Waals surface area contributed by atoms with E-state index in [4.69, 9.17) is 0 Å². The van der Waals surface area contributed by atoms with Crippen LogP contribution >= 0.6 is 0 Å². The number of amides is 3. The number of carbonyl (C=O) groups is 2. The van der Waals surface area contributed by atoms with Crippen LogP contribution in [0, 0.1) is 5.92 Å². The van der Waals surface area contributed by atoms with Gasteiger partial charge in [0.2, 0.25) is 0 Å². The molecule has 0 saturated carbocycles. The zero-order valence-corrected chi connectivity index (χ0v) is 15.0. The summed E-state index contributed by atoms with van der Waals surface area (Å²) >= 11 is 0. The quantitative estimate of drug-likeness (QED) is 0.752. The van der Waals surface area contributed by atoms with Gasteiger partial charge in [0.15, 0.2) is 0 Å². The molecule has 0 bridgehead atoms. The zero-order valence-electron chi connectivity index (χ0n) is 15.0. The van der Waals surface area contributed by atoms with Gasteiger partial charge in [0.05, 0.1) is 23.1 Å². The smallest absolute Gasteiger partial charge is 0.319 e. The molecule has 0 radical (unpaired) electrons. The number of nitrogens with one attached hydrogen (secondary N) is 3. The molecule has 1 heterocycles. The van der Waals surface area contributed by atoms with E-state index in [9.17, 15) is 9.59 Å². The van der Waals surface area contributed by atoms with Crippen molar-refractivity contribution in [2.45, 2.75) is 40.3 Å². The van der Waals surface area contributed by atoms with Crippen LogP contribution in [0.3, 0.4) is 0 Å². The SMILES string of the molecule is CC(C)Cn1cc(C(=O)Nc2ccccc2NC(=O)NC(C)C)cn1. The molecular weight excluding hydrogens is 318 g/mol. The molecule has 0 aliphatic carbocycles. The number of hydrogen-bond acceptors (Lipinski definition) is 3. The molecule has 2 rings (SSSR count). The summed E-state index contributed by atoms with van der Waals surface area (Å²) in [7, 11) is 0. The number of anilines is 2. The Morgan fingerprint density at radius 3 is 2.32 bits per heavy atom. The lowest BCUT2D eigenvalue weighted by Crippen LogP contribution is -2.34. The van der Waals surface area contributed by atoms with Crippen molar-refractivity contribution in [1.82, 2.24) is 15.1 Å². The molecule has 7 nitrogen and oxygen atoms in total. The van der Waals surface area contributed by atoms with Gasteiger partial charge in [-0.1, -0.05) is 26.0 Å². The van der Waals surface area contributed by atoms with Crippen LogP contribution in [0.1, 0.15) is 38.1 Å². The highest BCUT2D eigenvalue weighted by Gasteiger charge is 2.13. The summed E-state index contributed by atoms with van der Waals surface area (Å²) in [5.74, 6) is 0.175. The minimum Gasteiger partial charge on any atom is -0.336 e. The fourth-order valence-corrected chi connectivity index (χ4v) is 2.27. The molecule has 0 unspecified atom stereocenters. The van der Waals surface area contributed by atoms with E-state index in [2.05, 4.69) is 34.9 Å². The minimum absolute atomic E-state index is 0.0218. The molecule has 0 spiro atoms. The van der Waals surface area contributed by atoms with Gasteiger partial charge in [-0.3, -0.25) is 9.48 Å². The maximum absolute atomic E-state index is 12.4. The topological polar surface area (TPSA) is 88.0 Å². The van der Waals surface area contributed by atoms with E-state index in [1.165, 1.54) is 0 Å². The van der Waals surface area contributed by atoms with Crippen LogP contribution in [0.4, 0.5) is 16.2 Å². The second-order valence-electron chi connectivity index (χ2n) is 6.60. The molecule has 0 saturated heterocycles. The van der Waals surface area contributed by atoms with Crippen molar-refractivity contribution in [3.8, 4) is 0 Å². The Morgan fingerprint density at radius 2 is 1.72 bits per heavy atom. The van der Waals surface area contributed by atoms with Gasteiger partial charge in [0, 0.05) is 18.8 Å². The average molecular weight is 343 g/mol. The van der Waals surface area contributed by atoms with E-state index in [0.717, 1.165) is 6.54 Å².